The van der Waals surface area contributed by atoms with E-state index in [9.17, 15) is 9.59 Å². The minimum absolute atomic E-state index is 0.339. The van der Waals surface area contributed by atoms with Crippen LogP contribution in [0.25, 0.3) is 23.0 Å². The first kappa shape index (κ1) is 15.7. The highest BCUT2D eigenvalue weighted by Crippen LogP contribution is 2.23. The van der Waals surface area contributed by atoms with Crippen molar-refractivity contribution in [3.8, 4) is 11.3 Å². The number of nitrogens with zero attached hydrogens (tertiary/aromatic N) is 2. The molecule has 120 valence electrons. The lowest BCUT2D eigenvalue weighted by Crippen LogP contribution is -1.98. The van der Waals surface area contributed by atoms with Crippen LogP contribution in [-0.2, 0) is 9.53 Å². The van der Waals surface area contributed by atoms with Crippen molar-refractivity contribution < 1.29 is 14.3 Å². The fraction of sp³-hybridized carbons (Fsp3) is 0.105. The van der Waals surface area contributed by atoms with Gasteiger partial charge in [-0.2, -0.15) is 0 Å². The van der Waals surface area contributed by atoms with E-state index < -0.39 is 0 Å². The van der Waals surface area contributed by atoms with E-state index in [1.165, 1.54) is 6.08 Å². The number of hydrogen-bond donors (Lipinski definition) is 0. The number of rotatable bonds is 5. The van der Waals surface area contributed by atoms with Crippen molar-refractivity contribution in [3.05, 3.63) is 66.0 Å². The van der Waals surface area contributed by atoms with Crippen LogP contribution in [0.2, 0.25) is 0 Å². The fourth-order valence-corrected chi connectivity index (χ4v) is 2.46. The van der Waals surface area contributed by atoms with Gasteiger partial charge >= 0.3 is 5.97 Å². The minimum atomic E-state index is -0.390. The highest BCUT2D eigenvalue weighted by Gasteiger charge is 2.13. The number of benzene rings is 1. The van der Waals surface area contributed by atoms with Crippen LogP contribution >= 0.6 is 0 Å². The lowest BCUT2D eigenvalue weighted by atomic mass is 10.1. The predicted octanol–water partition coefficient (Wildman–Crippen LogP) is 3.39. The number of imidazole rings is 1. The Kier molecular flexibility index (Phi) is 4.52. The predicted molar refractivity (Wildman–Crippen MR) is 91.7 cm³/mol. The standard InChI is InChI=1S/C19H16N2O3/c1-2-24-18(23)9-8-14-10-11-21-16(13-22)19(20-17(21)12-14)15-6-4-3-5-7-15/h3-13H,2H2,1H3/b9-8+. The molecule has 0 saturated heterocycles. The van der Waals surface area contributed by atoms with Crippen LogP contribution in [0.3, 0.4) is 0 Å². The zero-order chi connectivity index (χ0) is 16.9. The van der Waals surface area contributed by atoms with Crippen LogP contribution in [0.15, 0.2) is 54.7 Å². The second kappa shape index (κ2) is 6.91. The topological polar surface area (TPSA) is 60.7 Å². The quantitative estimate of drug-likeness (QED) is 0.411. The van der Waals surface area contributed by atoms with Gasteiger partial charge in [-0.3, -0.25) is 9.20 Å². The van der Waals surface area contributed by atoms with E-state index in [1.807, 2.05) is 42.5 Å². The van der Waals surface area contributed by atoms with Gasteiger partial charge in [-0.15, -0.1) is 0 Å². The van der Waals surface area contributed by atoms with Gasteiger partial charge in [0.1, 0.15) is 17.0 Å². The Balaban J connectivity index is 2.02. The summed E-state index contributed by atoms with van der Waals surface area (Å²) in [5.74, 6) is -0.390. The average molecular weight is 320 g/mol. The Morgan fingerprint density at radius 1 is 1.25 bits per heavy atom. The Labute approximate surface area is 139 Å². The van der Waals surface area contributed by atoms with Gasteiger partial charge in [0.15, 0.2) is 6.29 Å². The van der Waals surface area contributed by atoms with E-state index in [0.717, 1.165) is 17.4 Å². The van der Waals surface area contributed by atoms with E-state index in [4.69, 9.17) is 4.74 Å². The molecule has 0 spiro atoms. The molecule has 3 aromatic rings. The Morgan fingerprint density at radius 3 is 2.75 bits per heavy atom. The van der Waals surface area contributed by atoms with Crippen molar-refractivity contribution in [1.29, 1.82) is 0 Å². The first-order valence-corrected chi connectivity index (χ1v) is 7.60. The number of pyridine rings is 1. The minimum Gasteiger partial charge on any atom is -0.463 e. The maximum absolute atomic E-state index is 11.5. The second-order valence-electron chi connectivity index (χ2n) is 5.10. The van der Waals surface area contributed by atoms with Crippen LogP contribution in [0.1, 0.15) is 23.0 Å². The number of aldehydes is 1. The van der Waals surface area contributed by atoms with Gasteiger partial charge < -0.3 is 4.74 Å². The first-order chi connectivity index (χ1) is 11.7. The van der Waals surface area contributed by atoms with Crippen molar-refractivity contribution >= 4 is 24.0 Å². The van der Waals surface area contributed by atoms with Crippen LogP contribution in [0.4, 0.5) is 0 Å². The molecule has 24 heavy (non-hydrogen) atoms. The molecule has 0 bridgehead atoms. The maximum Gasteiger partial charge on any atom is 0.330 e. The summed E-state index contributed by atoms with van der Waals surface area (Å²) in [6.07, 6.45) is 5.60. The van der Waals surface area contributed by atoms with Gasteiger partial charge in [0.25, 0.3) is 0 Å². The number of fused-ring (bicyclic) bond motifs is 1. The average Bonchev–Trinajstić information content (AvgIpc) is 2.98. The molecule has 0 amide bonds. The van der Waals surface area contributed by atoms with Crippen molar-refractivity contribution in [1.82, 2.24) is 9.38 Å². The summed E-state index contributed by atoms with van der Waals surface area (Å²) in [6, 6.07) is 13.2. The van der Waals surface area contributed by atoms with Crippen LogP contribution in [0.5, 0.6) is 0 Å². The van der Waals surface area contributed by atoms with Gasteiger partial charge in [-0.05, 0) is 30.7 Å². The zero-order valence-electron chi connectivity index (χ0n) is 13.2. The summed E-state index contributed by atoms with van der Waals surface area (Å²) in [7, 11) is 0. The fourth-order valence-electron chi connectivity index (χ4n) is 2.46. The molecule has 0 fully saturated rings. The van der Waals surface area contributed by atoms with E-state index in [2.05, 4.69) is 4.98 Å². The maximum atomic E-state index is 11.5. The Bertz CT molecular complexity index is 911. The smallest absolute Gasteiger partial charge is 0.330 e. The molecule has 0 saturated carbocycles. The van der Waals surface area contributed by atoms with Gasteiger partial charge in [-0.25, -0.2) is 9.78 Å². The van der Waals surface area contributed by atoms with Gasteiger partial charge in [0.2, 0.25) is 0 Å². The lowest BCUT2D eigenvalue weighted by Gasteiger charge is -1.99. The third-order valence-electron chi connectivity index (χ3n) is 3.54. The molecular formula is C19H16N2O3. The molecule has 0 aliphatic carbocycles. The molecular weight excluding hydrogens is 304 g/mol. The Hall–Kier alpha value is -3.21. The van der Waals surface area contributed by atoms with E-state index >= 15 is 0 Å². The van der Waals surface area contributed by atoms with Crippen molar-refractivity contribution in [2.24, 2.45) is 0 Å². The molecule has 1 aromatic carbocycles. The summed E-state index contributed by atoms with van der Waals surface area (Å²) in [5.41, 5.74) is 3.46. The number of hydrogen-bond acceptors (Lipinski definition) is 4. The SMILES string of the molecule is CCOC(=O)/C=C/c1ccn2c(C=O)c(-c3ccccc3)nc2c1. The summed E-state index contributed by atoms with van der Waals surface area (Å²) in [6.45, 7) is 2.10. The second-order valence-corrected chi connectivity index (χ2v) is 5.10. The molecule has 3 rings (SSSR count). The normalized spacial score (nSPS) is 11.0. The van der Waals surface area contributed by atoms with E-state index in [0.29, 0.717) is 23.6 Å². The van der Waals surface area contributed by atoms with Crippen LogP contribution < -0.4 is 0 Å². The first-order valence-electron chi connectivity index (χ1n) is 7.60. The molecule has 2 heterocycles. The summed E-state index contributed by atoms with van der Waals surface area (Å²) in [4.78, 5) is 27.5. The van der Waals surface area contributed by atoms with Crippen molar-refractivity contribution in [2.45, 2.75) is 6.92 Å². The number of esters is 1. The summed E-state index contributed by atoms with van der Waals surface area (Å²) >= 11 is 0. The van der Waals surface area contributed by atoms with Crippen LogP contribution in [-0.4, -0.2) is 28.2 Å². The monoisotopic (exact) mass is 320 g/mol. The zero-order valence-corrected chi connectivity index (χ0v) is 13.2. The van der Waals surface area contributed by atoms with Crippen LogP contribution in [0, 0.1) is 0 Å². The molecule has 5 nitrogen and oxygen atoms in total. The number of carbonyl (C=O) groups is 2. The highest BCUT2D eigenvalue weighted by molar-refractivity contribution is 5.88. The van der Waals surface area contributed by atoms with Gasteiger partial charge in [0, 0.05) is 17.8 Å². The molecule has 0 N–H and O–H groups in total. The van der Waals surface area contributed by atoms with Crippen molar-refractivity contribution in [2.75, 3.05) is 6.61 Å². The van der Waals surface area contributed by atoms with Crippen molar-refractivity contribution in [3.63, 3.8) is 0 Å². The van der Waals surface area contributed by atoms with E-state index in [-0.39, 0.29) is 5.97 Å². The summed E-state index contributed by atoms with van der Waals surface area (Å²) < 4.78 is 6.59. The largest absolute Gasteiger partial charge is 0.463 e. The third kappa shape index (κ3) is 3.10. The number of carbonyl (C=O) groups excluding carboxylic acids is 2. The van der Waals surface area contributed by atoms with Gasteiger partial charge in [0.05, 0.1) is 6.61 Å². The molecule has 2 aromatic heterocycles. The summed E-state index contributed by atoms with van der Waals surface area (Å²) in [5, 5.41) is 0. The molecule has 5 heteroatoms. The Morgan fingerprint density at radius 2 is 2.04 bits per heavy atom. The lowest BCUT2D eigenvalue weighted by molar-refractivity contribution is -0.137. The number of ether oxygens (including phenoxy) is 1. The molecule has 0 aliphatic heterocycles. The van der Waals surface area contributed by atoms with Gasteiger partial charge in [-0.1, -0.05) is 30.3 Å². The molecule has 0 unspecified atom stereocenters. The third-order valence-corrected chi connectivity index (χ3v) is 3.54. The molecule has 0 radical (unpaired) electrons. The van der Waals surface area contributed by atoms with E-state index in [1.54, 1.807) is 23.6 Å². The number of aromatic nitrogens is 2. The molecule has 0 aliphatic rings. The highest BCUT2D eigenvalue weighted by atomic mass is 16.5. The molecule has 0 atom stereocenters.